The van der Waals surface area contributed by atoms with Crippen LogP contribution in [0, 0.1) is 12.8 Å². The third-order valence-electron chi connectivity index (χ3n) is 2.79. The lowest BCUT2D eigenvalue weighted by molar-refractivity contribution is -0.144. The summed E-state index contributed by atoms with van der Waals surface area (Å²) in [6.07, 6.45) is 0. The molecule has 0 spiro atoms. The fraction of sp³-hybridized carbons (Fsp3) is 0.462. The summed E-state index contributed by atoms with van der Waals surface area (Å²) in [4.78, 5) is 11.3. The molecule has 0 saturated heterocycles. The van der Waals surface area contributed by atoms with Gasteiger partial charge in [0.15, 0.2) is 9.84 Å². The number of halogens is 1. The van der Waals surface area contributed by atoms with Crippen LogP contribution in [0.5, 0.6) is 0 Å². The standard InChI is InChI=1S/C13H17BrO4S/c1-9-6-12(14)5-4-11(9)8-19(16,17)7-10(2)13(15)18-3/h4-6,10H,7-8H2,1-3H3/t10-/m0/s1. The second-order valence-corrected chi connectivity index (χ2v) is 7.57. The molecular weight excluding hydrogens is 332 g/mol. The first-order valence-electron chi connectivity index (χ1n) is 5.78. The van der Waals surface area contributed by atoms with E-state index < -0.39 is 21.7 Å². The molecule has 0 aromatic heterocycles. The van der Waals surface area contributed by atoms with Crippen LogP contribution in [-0.2, 0) is 25.1 Å². The lowest BCUT2D eigenvalue weighted by Gasteiger charge is -2.11. The molecule has 1 atom stereocenters. The predicted molar refractivity (Wildman–Crippen MR) is 77.5 cm³/mol. The van der Waals surface area contributed by atoms with E-state index >= 15 is 0 Å². The number of benzene rings is 1. The number of carbonyl (C=O) groups excluding carboxylic acids is 1. The summed E-state index contributed by atoms with van der Waals surface area (Å²) in [5, 5.41) is 0. The molecule has 1 rings (SSSR count). The van der Waals surface area contributed by atoms with Gasteiger partial charge >= 0.3 is 5.97 Å². The Morgan fingerprint density at radius 2 is 2.05 bits per heavy atom. The van der Waals surface area contributed by atoms with Gasteiger partial charge in [0, 0.05) is 4.47 Å². The molecule has 0 heterocycles. The van der Waals surface area contributed by atoms with E-state index in [2.05, 4.69) is 20.7 Å². The monoisotopic (exact) mass is 348 g/mol. The zero-order valence-corrected chi connectivity index (χ0v) is 13.5. The highest BCUT2D eigenvalue weighted by molar-refractivity contribution is 9.10. The molecule has 0 aliphatic heterocycles. The minimum absolute atomic E-state index is 0.0621. The minimum Gasteiger partial charge on any atom is -0.469 e. The first-order valence-corrected chi connectivity index (χ1v) is 8.40. The van der Waals surface area contributed by atoms with Crippen molar-refractivity contribution in [3.8, 4) is 0 Å². The molecule has 0 bridgehead atoms. The van der Waals surface area contributed by atoms with Crippen LogP contribution in [0.3, 0.4) is 0 Å². The van der Waals surface area contributed by atoms with Crippen molar-refractivity contribution in [3.05, 3.63) is 33.8 Å². The number of esters is 1. The highest BCUT2D eigenvalue weighted by Gasteiger charge is 2.22. The van der Waals surface area contributed by atoms with E-state index in [4.69, 9.17) is 0 Å². The smallest absolute Gasteiger partial charge is 0.309 e. The van der Waals surface area contributed by atoms with Crippen LogP contribution in [0.2, 0.25) is 0 Å². The van der Waals surface area contributed by atoms with Gasteiger partial charge in [-0.15, -0.1) is 0 Å². The number of rotatable bonds is 5. The molecule has 0 radical (unpaired) electrons. The van der Waals surface area contributed by atoms with Crippen molar-refractivity contribution in [2.24, 2.45) is 5.92 Å². The molecule has 0 saturated carbocycles. The molecule has 6 heteroatoms. The number of carbonyl (C=O) groups is 1. The van der Waals surface area contributed by atoms with Gasteiger partial charge in [-0.3, -0.25) is 4.79 Å². The van der Waals surface area contributed by atoms with Gasteiger partial charge < -0.3 is 4.74 Å². The molecule has 0 aliphatic carbocycles. The predicted octanol–water partition coefficient (Wildman–Crippen LogP) is 2.48. The number of sulfone groups is 1. The number of hydrogen-bond acceptors (Lipinski definition) is 4. The van der Waals surface area contributed by atoms with Crippen molar-refractivity contribution in [2.45, 2.75) is 19.6 Å². The normalized spacial score (nSPS) is 13.1. The Labute approximate surface area is 122 Å². The molecule has 0 N–H and O–H groups in total. The van der Waals surface area contributed by atoms with Gasteiger partial charge in [-0.2, -0.15) is 0 Å². The van der Waals surface area contributed by atoms with Crippen molar-refractivity contribution in [2.75, 3.05) is 12.9 Å². The number of aryl methyl sites for hydroxylation is 1. The maximum absolute atomic E-state index is 12.0. The molecule has 0 unspecified atom stereocenters. The Bertz CT molecular complexity index is 566. The average molecular weight is 349 g/mol. The Morgan fingerprint density at radius 1 is 1.42 bits per heavy atom. The van der Waals surface area contributed by atoms with Gasteiger partial charge in [0.2, 0.25) is 0 Å². The summed E-state index contributed by atoms with van der Waals surface area (Å²) in [7, 11) is -2.09. The van der Waals surface area contributed by atoms with Gasteiger partial charge in [-0.05, 0) is 30.2 Å². The van der Waals surface area contributed by atoms with Gasteiger partial charge in [0.05, 0.1) is 24.5 Å². The van der Waals surface area contributed by atoms with Crippen LogP contribution in [0.15, 0.2) is 22.7 Å². The van der Waals surface area contributed by atoms with Gasteiger partial charge in [0.25, 0.3) is 0 Å². The fourth-order valence-corrected chi connectivity index (χ4v) is 4.06. The molecule has 19 heavy (non-hydrogen) atoms. The fourth-order valence-electron chi connectivity index (χ4n) is 1.77. The molecular formula is C13H17BrO4S. The zero-order chi connectivity index (χ0) is 14.6. The first-order chi connectivity index (χ1) is 8.75. The Morgan fingerprint density at radius 3 is 2.58 bits per heavy atom. The van der Waals surface area contributed by atoms with Crippen LogP contribution in [0.4, 0.5) is 0 Å². The lowest BCUT2D eigenvalue weighted by Crippen LogP contribution is -2.23. The van der Waals surface area contributed by atoms with Gasteiger partial charge in [-0.25, -0.2) is 8.42 Å². The molecule has 0 fully saturated rings. The van der Waals surface area contributed by atoms with Crippen LogP contribution >= 0.6 is 15.9 Å². The number of methoxy groups -OCH3 is 1. The second-order valence-electron chi connectivity index (χ2n) is 4.55. The summed E-state index contributed by atoms with van der Waals surface area (Å²) < 4.78 is 29.5. The van der Waals surface area contributed by atoms with Crippen LogP contribution in [-0.4, -0.2) is 27.2 Å². The van der Waals surface area contributed by atoms with E-state index in [1.807, 2.05) is 19.1 Å². The molecule has 106 valence electrons. The third-order valence-corrected chi connectivity index (χ3v) is 5.04. The zero-order valence-electron chi connectivity index (χ0n) is 11.1. The highest BCUT2D eigenvalue weighted by Crippen LogP contribution is 2.19. The van der Waals surface area contributed by atoms with Crippen molar-refractivity contribution < 1.29 is 17.9 Å². The summed E-state index contributed by atoms with van der Waals surface area (Å²) in [5.74, 6) is -1.41. The van der Waals surface area contributed by atoms with Crippen molar-refractivity contribution in [3.63, 3.8) is 0 Å². The van der Waals surface area contributed by atoms with E-state index in [9.17, 15) is 13.2 Å². The number of ether oxygens (including phenoxy) is 1. The Balaban J connectivity index is 2.82. The van der Waals surface area contributed by atoms with Crippen molar-refractivity contribution >= 4 is 31.7 Å². The quantitative estimate of drug-likeness (QED) is 0.767. The summed E-state index contributed by atoms with van der Waals surface area (Å²) in [6, 6.07) is 5.45. The molecule has 1 aromatic rings. The van der Waals surface area contributed by atoms with Crippen molar-refractivity contribution in [1.29, 1.82) is 0 Å². The Hall–Kier alpha value is -0.880. The average Bonchev–Trinajstić information content (AvgIpc) is 2.31. The SMILES string of the molecule is COC(=O)[C@@H](C)CS(=O)(=O)Cc1ccc(Br)cc1C. The van der Waals surface area contributed by atoms with Gasteiger partial charge in [-0.1, -0.05) is 28.9 Å². The summed E-state index contributed by atoms with van der Waals surface area (Å²) >= 11 is 3.33. The second kappa shape index (κ2) is 6.52. The maximum atomic E-state index is 12.0. The lowest BCUT2D eigenvalue weighted by atomic mass is 10.1. The van der Waals surface area contributed by atoms with Crippen LogP contribution in [0.25, 0.3) is 0 Å². The molecule has 1 aromatic carbocycles. The van der Waals surface area contributed by atoms with Crippen LogP contribution < -0.4 is 0 Å². The molecule has 0 amide bonds. The summed E-state index contributed by atoms with van der Waals surface area (Å²) in [5.41, 5.74) is 1.66. The maximum Gasteiger partial charge on any atom is 0.309 e. The van der Waals surface area contributed by atoms with Gasteiger partial charge in [0.1, 0.15) is 0 Å². The van der Waals surface area contributed by atoms with E-state index in [-0.39, 0.29) is 11.5 Å². The van der Waals surface area contributed by atoms with E-state index in [1.165, 1.54) is 7.11 Å². The topological polar surface area (TPSA) is 60.4 Å². The highest BCUT2D eigenvalue weighted by atomic mass is 79.9. The molecule has 0 aliphatic rings. The number of hydrogen-bond donors (Lipinski definition) is 0. The van der Waals surface area contributed by atoms with Crippen LogP contribution in [0.1, 0.15) is 18.1 Å². The van der Waals surface area contributed by atoms with E-state index in [0.29, 0.717) is 0 Å². The minimum atomic E-state index is -3.34. The first kappa shape index (κ1) is 16.2. The largest absolute Gasteiger partial charge is 0.469 e. The van der Waals surface area contributed by atoms with E-state index in [1.54, 1.807) is 13.0 Å². The third kappa shape index (κ3) is 4.95. The Kier molecular flexibility index (Phi) is 5.55. The summed E-state index contributed by atoms with van der Waals surface area (Å²) in [6.45, 7) is 3.41. The molecule has 4 nitrogen and oxygen atoms in total. The van der Waals surface area contributed by atoms with E-state index in [0.717, 1.165) is 15.6 Å². The van der Waals surface area contributed by atoms with Crippen molar-refractivity contribution in [1.82, 2.24) is 0 Å².